The van der Waals surface area contributed by atoms with Crippen molar-refractivity contribution in [1.29, 1.82) is 0 Å². The van der Waals surface area contributed by atoms with Crippen molar-refractivity contribution in [2.75, 3.05) is 14.2 Å². The van der Waals surface area contributed by atoms with Crippen LogP contribution in [0.25, 0.3) is 0 Å². The fourth-order valence-electron chi connectivity index (χ4n) is 1.99. The molecule has 5 nitrogen and oxygen atoms in total. The number of aryl methyl sites for hydroxylation is 1. The Kier molecular flexibility index (Phi) is 5.95. The molecule has 0 radical (unpaired) electrons. The fraction of sp³-hybridized carbons (Fsp3) is 0.714. The monoisotopic (exact) mass is 299 g/mol. The van der Waals surface area contributed by atoms with E-state index in [9.17, 15) is 4.79 Å². The number of hydrogen-bond acceptors (Lipinski definition) is 4. The Hall–Kier alpha value is -1.14. The van der Waals surface area contributed by atoms with Crippen LogP contribution in [0.1, 0.15) is 37.9 Å². The van der Waals surface area contributed by atoms with E-state index in [0.29, 0.717) is 6.54 Å². The fourth-order valence-corrected chi connectivity index (χ4v) is 2.59. The molecule has 1 N–H and O–H groups in total. The maximum Gasteiger partial charge on any atom is 0.317 e. The van der Waals surface area contributed by atoms with Gasteiger partial charge in [-0.15, -0.1) is 11.3 Å². The first kappa shape index (κ1) is 16.9. The molecule has 1 aromatic heterocycles. The first-order valence-electron chi connectivity index (χ1n) is 6.71. The maximum atomic E-state index is 12.1. The average Bonchev–Trinajstić information content (AvgIpc) is 2.73. The van der Waals surface area contributed by atoms with Gasteiger partial charge in [-0.2, -0.15) is 0 Å². The topological polar surface area (TPSA) is 54.5 Å². The van der Waals surface area contributed by atoms with Crippen molar-refractivity contribution in [3.8, 4) is 0 Å². The van der Waals surface area contributed by atoms with Crippen molar-refractivity contribution in [2.45, 2.75) is 52.3 Å². The number of methoxy groups -OCH3 is 1. The third-order valence-electron chi connectivity index (χ3n) is 3.13. The van der Waals surface area contributed by atoms with Gasteiger partial charge in [0.25, 0.3) is 0 Å². The van der Waals surface area contributed by atoms with Crippen LogP contribution >= 0.6 is 11.3 Å². The summed E-state index contributed by atoms with van der Waals surface area (Å²) < 4.78 is 5.38. The van der Waals surface area contributed by atoms with Gasteiger partial charge in [-0.05, 0) is 34.1 Å². The van der Waals surface area contributed by atoms with Crippen LogP contribution in [0, 0.1) is 6.92 Å². The van der Waals surface area contributed by atoms with E-state index in [1.165, 1.54) is 0 Å². The Morgan fingerprint density at radius 3 is 2.75 bits per heavy atom. The van der Waals surface area contributed by atoms with Crippen LogP contribution in [0.5, 0.6) is 0 Å². The molecule has 1 atom stereocenters. The molecule has 114 valence electrons. The molecule has 0 aliphatic heterocycles. The predicted molar refractivity (Wildman–Crippen MR) is 82.0 cm³/mol. The molecule has 0 saturated heterocycles. The quantitative estimate of drug-likeness (QED) is 0.879. The maximum absolute atomic E-state index is 12.1. The van der Waals surface area contributed by atoms with E-state index >= 15 is 0 Å². The van der Waals surface area contributed by atoms with Crippen LogP contribution in [0.3, 0.4) is 0 Å². The summed E-state index contributed by atoms with van der Waals surface area (Å²) in [5.41, 5.74) is 0.687. The second kappa shape index (κ2) is 7.04. The Morgan fingerprint density at radius 2 is 2.25 bits per heavy atom. The summed E-state index contributed by atoms with van der Waals surface area (Å²) in [5.74, 6) is 0. The number of rotatable bonds is 6. The highest BCUT2D eigenvalue weighted by Crippen LogP contribution is 2.15. The van der Waals surface area contributed by atoms with Gasteiger partial charge in [-0.3, -0.25) is 0 Å². The Bertz CT molecular complexity index is 445. The van der Waals surface area contributed by atoms with Gasteiger partial charge in [-0.1, -0.05) is 0 Å². The standard InChI is InChI=1S/C14H25N3O2S/c1-10(7-14(3,4)19-6)15-13(18)17(5)8-12-9-20-11(2)16-12/h9-10H,7-8H2,1-6H3,(H,15,18)/t10-/m0/s1. The minimum atomic E-state index is -0.239. The van der Waals surface area contributed by atoms with Crippen molar-refractivity contribution in [2.24, 2.45) is 0 Å². The third kappa shape index (κ3) is 5.46. The van der Waals surface area contributed by atoms with Crippen molar-refractivity contribution in [3.63, 3.8) is 0 Å². The first-order chi connectivity index (χ1) is 9.23. The largest absolute Gasteiger partial charge is 0.379 e. The van der Waals surface area contributed by atoms with E-state index in [1.54, 1.807) is 30.4 Å². The molecule has 20 heavy (non-hydrogen) atoms. The molecule has 0 bridgehead atoms. The number of nitrogens with zero attached hydrogens (tertiary/aromatic N) is 2. The van der Waals surface area contributed by atoms with E-state index in [4.69, 9.17) is 4.74 Å². The number of nitrogens with one attached hydrogen (secondary N) is 1. The zero-order chi connectivity index (χ0) is 15.3. The van der Waals surface area contributed by atoms with E-state index in [-0.39, 0.29) is 17.7 Å². The van der Waals surface area contributed by atoms with Crippen LogP contribution in [-0.2, 0) is 11.3 Å². The molecule has 0 unspecified atom stereocenters. The number of urea groups is 1. The van der Waals surface area contributed by atoms with E-state index in [2.05, 4.69) is 10.3 Å². The molecule has 1 heterocycles. The number of thiazole rings is 1. The summed E-state index contributed by atoms with van der Waals surface area (Å²) in [5, 5.41) is 5.98. The highest BCUT2D eigenvalue weighted by Gasteiger charge is 2.22. The van der Waals surface area contributed by atoms with E-state index in [1.807, 2.05) is 33.1 Å². The lowest BCUT2D eigenvalue weighted by Gasteiger charge is -2.28. The molecule has 0 aromatic carbocycles. The summed E-state index contributed by atoms with van der Waals surface area (Å²) in [7, 11) is 3.46. The second-order valence-electron chi connectivity index (χ2n) is 5.73. The van der Waals surface area contributed by atoms with Gasteiger partial charge in [0.2, 0.25) is 0 Å². The highest BCUT2D eigenvalue weighted by molar-refractivity contribution is 7.09. The van der Waals surface area contributed by atoms with Crippen molar-refractivity contribution >= 4 is 17.4 Å². The van der Waals surface area contributed by atoms with Crippen LogP contribution in [0.15, 0.2) is 5.38 Å². The molecule has 6 heteroatoms. The van der Waals surface area contributed by atoms with Crippen LogP contribution in [-0.4, -0.2) is 41.7 Å². The smallest absolute Gasteiger partial charge is 0.317 e. The van der Waals surface area contributed by atoms with Crippen LogP contribution in [0.4, 0.5) is 4.79 Å². The molecule has 0 aliphatic carbocycles. The lowest BCUT2D eigenvalue weighted by molar-refractivity contribution is 0.00918. The summed E-state index contributed by atoms with van der Waals surface area (Å²) in [6, 6.07) is -0.0351. The van der Waals surface area contributed by atoms with Gasteiger partial charge >= 0.3 is 6.03 Å². The number of carbonyl (C=O) groups excluding carboxylic acids is 1. The normalized spacial score (nSPS) is 13.1. The SMILES string of the molecule is COC(C)(C)C[C@H](C)NC(=O)N(C)Cc1csc(C)n1. The van der Waals surface area contributed by atoms with Gasteiger partial charge in [0.15, 0.2) is 0 Å². The van der Waals surface area contributed by atoms with Gasteiger partial charge in [-0.25, -0.2) is 9.78 Å². The number of ether oxygens (including phenoxy) is 1. The van der Waals surface area contributed by atoms with Crippen molar-refractivity contribution < 1.29 is 9.53 Å². The summed E-state index contributed by atoms with van der Waals surface area (Å²) in [6.07, 6.45) is 0.763. The molecule has 0 fully saturated rings. The summed E-state index contributed by atoms with van der Waals surface area (Å²) >= 11 is 1.60. The summed E-state index contributed by atoms with van der Waals surface area (Å²) in [4.78, 5) is 18.1. The van der Waals surface area contributed by atoms with Crippen molar-refractivity contribution in [3.05, 3.63) is 16.1 Å². The van der Waals surface area contributed by atoms with Gasteiger partial charge in [0.05, 0.1) is 22.8 Å². The second-order valence-corrected chi connectivity index (χ2v) is 6.79. The van der Waals surface area contributed by atoms with Gasteiger partial charge in [0.1, 0.15) is 0 Å². The van der Waals surface area contributed by atoms with E-state index < -0.39 is 0 Å². The molecule has 1 aromatic rings. The van der Waals surface area contributed by atoms with Crippen molar-refractivity contribution in [1.82, 2.24) is 15.2 Å². The van der Waals surface area contributed by atoms with Gasteiger partial charge < -0.3 is 15.0 Å². The average molecular weight is 299 g/mol. The number of hydrogen-bond donors (Lipinski definition) is 1. The van der Waals surface area contributed by atoms with Gasteiger partial charge in [0, 0.05) is 25.6 Å². The summed E-state index contributed by atoms with van der Waals surface area (Å²) in [6.45, 7) is 8.49. The van der Waals surface area contributed by atoms with Crippen LogP contribution < -0.4 is 5.32 Å². The number of carbonyl (C=O) groups is 1. The minimum Gasteiger partial charge on any atom is -0.379 e. The Labute approximate surface area is 125 Å². The lowest BCUT2D eigenvalue weighted by atomic mass is 10.00. The lowest BCUT2D eigenvalue weighted by Crippen LogP contribution is -2.44. The molecule has 0 spiro atoms. The molecule has 0 saturated carbocycles. The number of amides is 2. The highest BCUT2D eigenvalue weighted by atomic mass is 32.1. The Balaban J connectivity index is 2.45. The molecular formula is C14H25N3O2S. The number of aromatic nitrogens is 1. The molecule has 2 amide bonds. The first-order valence-corrected chi connectivity index (χ1v) is 7.59. The zero-order valence-electron chi connectivity index (χ0n) is 13.2. The Morgan fingerprint density at radius 1 is 1.60 bits per heavy atom. The predicted octanol–water partition coefficient (Wildman–Crippen LogP) is 2.80. The third-order valence-corrected chi connectivity index (χ3v) is 3.95. The molecular weight excluding hydrogens is 274 g/mol. The molecule has 1 rings (SSSR count). The molecule has 0 aliphatic rings. The minimum absolute atomic E-state index is 0.0528. The van der Waals surface area contributed by atoms with E-state index in [0.717, 1.165) is 17.1 Å². The zero-order valence-corrected chi connectivity index (χ0v) is 14.0. The van der Waals surface area contributed by atoms with Crippen LogP contribution in [0.2, 0.25) is 0 Å².